The Labute approximate surface area is 317 Å². The summed E-state index contributed by atoms with van der Waals surface area (Å²) in [4.78, 5) is 26.3. The van der Waals surface area contributed by atoms with Crippen molar-refractivity contribution in [3.8, 4) is 0 Å². The Morgan fingerprint density at radius 2 is 0.940 bits per heavy atom. The van der Waals surface area contributed by atoms with Gasteiger partial charge in [-0.1, -0.05) is 72.1 Å². The first-order chi connectivity index (χ1) is 24.1. The second kappa shape index (κ2) is 14.8. The Bertz CT molecular complexity index is 2020. The topological polar surface area (TPSA) is 146 Å². The Kier molecular flexibility index (Phi) is 10.4. The maximum Gasteiger partial charge on any atom is 0.226 e. The van der Waals surface area contributed by atoms with Gasteiger partial charge in [0.05, 0.1) is 34.1 Å². The van der Waals surface area contributed by atoms with Crippen LogP contribution in [0.1, 0.15) is 63.5 Å². The van der Waals surface area contributed by atoms with Gasteiger partial charge in [0.25, 0.3) is 0 Å². The zero-order valence-corrected chi connectivity index (χ0v) is 30.9. The fraction of sp³-hybridized carbons (Fsp3) is 0.312. The molecule has 0 atom stereocenters. The van der Waals surface area contributed by atoms with Gasteiger partial charge < -0.3 is 9.13 Å². The smallest absolute Gasteiger partial charge is 0.226 e. The fourth-order valence-electron chi connectivity index (χ4n) is 6.57. The predicted molar refractivity (Wildman–Crippen MR) is 201 cm³/mol. The van der Waals surface area contributed by atoms with Crippen LogP contribution in [0.4, 0.5) is 23.0 Å². The van der Waals surface area contributed by atoms with E-state index in [0.29, 0.717) is 77.5 Å². The SMILES string of the molecule is NN(c1ccc(Cl)cc1Cl)c1nc(Cl)nc2c1ncn2C1CCCC1.NN(c1ccc(Cl)cc1Cl)c1nc(Cl)nc2c1ncn2C1CCCC1. The van der Waals surface area contributed by atoms with E-state index in [-0.39, 0.29) is 10.6 Å². The molecule has 0 spiro atoms. The number of imidazole rings is 2. The zero-order valence-electron chi connectivity index (χ0n) is 26.3. The van der Waals surface area contributed by atoms with Crippen molar-refractivity contribution >= 4 is 115 Å². The molecule has 8 rings (SSSR count). The van der Waals surface area contributed by atoms with Gasteiger partial charge >= 0.3 is 0 Å². The number of halogens is 6. The molecule has 4 heterocycles. The largest absolute Gasteiger partial charge is 0.312 e. The highest BCUT2D eigenvalue weighted by atomic mass is 35.5. The monoisotopic (exact) mass is 792 g/mol. The number of hydrogen-bond donors (Lipinski definition) is 2. The molecule has 50 heavy (non-hydrogen) atoms. The lowest BCUT2D eigenvalue weighted by Gasteiger charge is -2.19. The van der Waals surface area contributed by atoms with Crippen molar-refractivity contribution in [2.75, 3.05) is 10.0 Å². The summed E-state index contributed by atoms with van der Waals surface area (Å²) in [6, 6.07) is 10.9. The number of fused-ring (bicyclic) bond motifs is 2. The van der Waals surface area contributed by atoms with Crippen molar-refractivity contribution < 1.29 is 0 Å². The van der Waals surface area contributed by atoms with Gasteiger partial charge in [-0.15, -0.1) is 0 Å². The number of nitrogens with two attached hydrogens (primary N) is 2. The average molecular weight is 795 g/mol. The molecule has 12 nitrogen and oxygen atoms in total. The summed E-state index contributed by atoms with van der Waals surface area (Å²) in [6.45, 7) is 0. The van der Waals surface area contributed by atoms with Gasteiger partial charge in [-0.2, -0.15) is 19.9 Å². The van der Waals surface area contributed by atoms with Crippen LogP contribution in [0, 0.1) is 0 Å². The Balaban J connectivity index is 0.000000157. The predicted octanol–water partition coefficient (Wildman–Crippen LogP) is 9.83. The van der Waals surface area contributed by atoms with E-state index >= 15 is 0 Å². The lowest BCUT2D eigenvalue weighted by atomic mass is 10.2. The van der Waals surface area contributed by atoms with E-state index < -0.39 is 0 Å². The normalized spacial score (nSPS) is 15.2. The van der Waals surface area contributed by atoms with Crippen LogP contribution in [-0.4, -0.2) is 39.0 Å². The van der Waals surface area contributed by atoms with Crippen molar-refractivity contribution in [3.63, 3.8) is 0 Å². The zero-order chi connectivity index (χ0) is 35.1. The van der Waals surface area contributed by atoms with Crippen molar-refractivity contribution in [3.05, 3.63) is 79.7 Å². The molecule has 18 heteroatoms. The molecular formula is C32H30Cl6N12. The quantitative estimate of drug-likeness (QED) is 0.0949. The minimum atomic E-state index is 0.114. The van der Waals surface area contributed by atoms with E-state index in [1.165, 1.54) is 35.7 Å². The number of nitrogens with zero attached hydrogens (tertiary/aromatic N) is 10. The molecule has 6 aromatic rings. The van der Waals surface area contributed by atoms with Gasteiger partial charge in [-0.3, -0.25) is 10.0 Å². The first-order valence-corrected chi connectivity index (χ1v) is 18.2. The van der Waals surface area contributed by atoms with Gasteiger partial charge in [0.2, 0.25) is 10.6 Å². The Morgan fingerprint density at radius 3 is 1.30 bits per heavy atom. The maximum atomic E-state index is 6.27. The molecule has 2 aromatic carbocycles. The highest BCUT2D eigenvalue weighted by Gasteiger charge is 2.25. The third-order valence-electron chi connectivity index (χ3n) is 8.98. The minimum Gasteiger partial charge on any atom is -0.312 e. The Morgan fingerprint density at radius 1 is 0.560 bits per heavy atom. The van der Waals surface area contributed by atoms with Crippen LogP contribution in [0.3, 0.4) is 0 Å². The van der Waals surface area contributed by atoms with Crippen LogP contribution in [-0.2, 0) is 0 Å². The second-order valence-corrected chi connectivity index (χ2v) is 14.5. The summed E-state index contributed by atoms with van der Waals surface area (Å²) in [5.74, 6) is 13.3. The molecule has 0 amide bonds. The van der Waals surface area contributed by atoms with Gasteiger partial charge in [0.15, 0.2) is 34.0 Å². The van der Waals surface area contributed by atoms with Crippen molar-refractivity contribution in [2.24, 2.45) is 11.7 Å². The summed E-state index contributed by atoms with van der Waals surface area (Å²) >= 11 is 36.8. The van der Waals surface area contributed by atoms with Crippen molar-refractivity contribution in [2.45, 2.75) is 63.5 Å². The molecule has 4 aromatic heterocycles. The number of hydrazine groups is 2. The molecule has 2 fully saturated rings. The van der Waals surface area contributed by atoms with Gasteiger partial charge in [-0.25, -0.2) is 21.7 Å². The third-order valence-corrected chi connectivity index (χ3v) is 10.4. The summed E-state index contributed by atoms with van der Waals surface area (Å²) < 4.78 is 4.13. The van der Waals surface area contributed by atoms with Gasteiger partial charge in [0.1, 0.15) is 0 Å². The van der Waals surface area contributed by atoms with Crippen LogP contribution in [0.2, 0.25) is 30.7 Å². The average Bonchev–Trinajstić information content (AvgIpc) is 3.91. The van der Waals surface area contributed by atoms with E-state index in [2.05, 4.69) is 39.0 Å². The van der Waals surface area contributed by atoms with E-state index in [1.54, 1.807) is 49.1 Å². The fourth-order valence-corrected chi connectivity index (χ4v) is 7.89. The molecular weight excluding hydrogens is 765 g/mol. The summed E-state index contributed by atoms with van der Waals surface area (Å²) in [5.41, 5.74) is 3.65. The van der Waals surface area contributed by atoms with Crippen LogP contribution >= 0.6 is 69.6 Å². The number of aromatic nitrogens is 8. The first-order valence-electron chi connectivity index (χ1n) is 15.9. The van der Waals surface area contributed by atoms with Crippen LogP contribution in [0.5, 0.6) is 0 Å². The molecule has 0 radical (unpaired) electrons. The standard InChI is InChI=1S/2C16H15Cl3N6/c2*17-9-5-6-12(11(18)7-9)25(20)15-13-14(22-16(19)23-15)24(8-21-13)10-3-1-2-4-10/h2*5-8,10H,1-4,20H2. The number of rotatable bonds is 6. The lowest BCUT2D eigenvalue weighted by molar-refractivity contribution is 0.529. The summed E-state index contributed by atoms with van der Waals surface area (Å²) in [7, 11) is 0. The number of benzene rings is 2. The van der Waals surface area contributed by atoms with Crippen LogP contribution in [0.25, 0.3) is 22.3 Å². The molecule has 2 saturated carbocycles. The maximum absolute atomic E-state index is 6.27. The van der Waals surface area contributed by atoms with E-state index in [4.69, 9.17) is 81.3 Å². The molecule has 260 valence electrons. The van der Waals surface area contributed by atoms with Crippen molar-refractivity contribution in [1.29, 1.82) is 0 Å². The van der Waals surface area contributed by atoms with Crippen LogP contribution < -0.4 is 21.7 Å². The molecule has 0 bridgehead atoms. The van der Waals surface area contributed by atoms with Crippen LogP contribution in [0.15, 0.2) is 49.1 Å². The van der Waals surface area contributed by atoms with Crippen molar-refractivity contribution in [1.82, 2.24) is 39.0 Å². The number of anilines is 4. The van der Waals surface area contributed by atoms with E-state index in [1.807, 2.05) is 0 Å². The lowest BCUT2D eigenvalue weighted by Crippen LogP contribution is -2.27. The van der Waals surface area contributed by atoms with Gasteiger partial charge in [0, 0.05) is 22.1 Å². The molecule has 0 saturated heterocycles. The minimum absolute atomic E-state index is 0.114. The molecule has 4 N–H and O–H groups in total. The summed E-state index contributed by atoms with van der Waals surface area (Å²) in [6.07, 6.45) is 12.8. The molecule has 2 aliphatic rings. The summed E-state index contributed by atoms with van der Waals surface area (Å²) in [5, 5.41) is 4.82. The molecule has 2 aliphatic carbocycles. The molecule has 0 unspecified atom stereocenters. The van der Waals surface area contributed by atoms with E-state index in [9.17, 15) is 0 Å². The highest BCUT2D eigenvalue weighted by Crippen LogP contribution is 2.38. The Hall–Kier alpha value is -3.20. The molecule has 0 aliphatic heterocycles. The van der Waals surface area contributed by atoms with Gasteiger partial charge in [-0.05, 0) is 85.3 Å². The second-order valence-electron chi connectivity index (χ2n) is 12.1. The third kappa shape index (κ3) is 7.00. The number of hydrogen-bond acceptors (Lipinski definition) is 10. The first kappa shape index (κ1) is 35.2. The van der Waals surface area contributed by atoms with E-state index in [0.717, 1.165) is 25.7 Å². The highest BCUT2D eigenvalue weighted by molar-refractivity contribution is 6.37.